The number of likely N-dealkylation sites (tertiary alicyclic amines) is 1. The fourth-order valence-corrected chi connectivity index (χ4v) is 5.46. The molecular weight excluding hydrogens is 390 g/mol. The molecule has 1 saturated carbocycles. The molecule has 4 rings (SSSR count). The quantitative estimate of drug-likeness (QED) is 0.742. The van der Waals surface area contributed by atoms with Gasteiger partial charge in [-0.2, -0.15) is 0 Å². The molecule has 2 aliphatic rings. The summed E-state index contributed by atoms with van der Waals surface area (Å²) in [7, 11) is 3.30. The lowest BCUT2D eigenvalue weighted by molar-refractivity contribution is -0.155. The third kappa shape index (κ3) is 4.42. The summed E-state index contributed by atoms with van der Waals surface area (Å²) >= 11 is 0. The van der Waals surface area contributed by atoms with Crippen LogP contribution in [0.3, 0.4) is 0 Å². The van der Waals surface area contributed by atoms with Gasteiger partial charge in [-0.15, -0.1) is 0 Å². The number of fused-ring (bicyclic) bond motifs is 1. The molecule has 0 radical (unpaired) electrons. The largest absolute Gasteiger partial charge is 0.497 e. The lowest BCUT2D eigenvalue weighted by Crippen LogP contribution is -2.56. The van der Waals surface area contributed by atoms with Crippen molar-refractivity contribution < 1.29 is 19.4 Å². The summed E-state index contributed by atoms with van der Waals surface area (Å²) in [4.78, 5) is 15.5. The number of carbonyl (C=O) groups is 1. The van der Waals surface area contributed by atoms with Gasteiger partial charge in [-0.05, 0) is 49.4 Å². The van der Waals surface area contributed by atoms with Crippen molar-refractivity contribution in [1.29, 1.82) is 0 Å². The van der Waals surface area contributed by atoms with E-state index in [0.29, 0.717) is 25.8 Å². The van der Waals surface area contributed by atoms with Crippen LogP contribution in [-0.2, 0) is 11.2 Å². The zero-order valence-corrected chi connectivity index (χ0v) is 18.5. The van der Waals surface area contributed by atoms with Crippen LogP contribution >= 0.6 is 0 Å². The van der Waals surface area contributed by atoms with Gasteiger partial charge in [0.1, 0.15) is 11.5 Å². The molecule has 0 spiro atoms. The first-order valence-electron chi connectivity index (χ1n) is 11.3. The van der Waals surface area contributed by atoms with Crippen LogP contribution in [-0.4, -0.2) is 42.3 Å². The molecule has 0 unspecified atom stereocenters. The highest BCUT2D eigenvalue weighted by molar-refractivity contribution is 5.77. The van der Waals surface area contributed by atoms with Gasteiger partial charge in [0.2, 0.25) is 5.91 Å². The van der Waals surface area contributed by atoms with Crippen molar-refractivity contribution in [2.75, 3.05) is 20.8 Å². The highest BCUT2D eigenvalue weighted by atomic mass is 16.5. The molecule has 1 saturated heterocycles. The van der Waals surface area contributed by atoms with Gasteiger partial charge in [0.15, 0.2) is 0 Å². The fraction of sp³-hybridized carbons (Fsp3) is 0.500. The van der Waals surface area contributed by atoms with Gasteiger partial charge in [-0.3, -0.25) is 4.79 Å². The molecule has 1 aliphatic heterocycles. The first-order valence-corrected chi connectivity index (χ1v) is 11.3. The van der Waals surface area contributed by atoms with Crippen molar-refractivity contribution >= 4 is 5.91 Å². The molecule has 1 N–H and O–H groups in total. The molecule has 5 nitrogen and oxygen atoms in total. The number of nitrogens with zero attached hydrogens (tertiary/aromatic N) is 1. The van der Waals surface area contributed by atoms with Crippen LogP contribution in [0.25, 0.3) is 0 Å². The van der Waals surface area contributed by atoms with Crippen molar-refractivity contribution in [3.8, 4) is 11.5 Å². The predicted molar refractivity (Wildman–Crippen MR) is 120 cm³/mol. The minimum absolute atomic E-state index is 0.00307. The highest BCUT2D eigenvalue weighted by Gasteiger charge is 2.50. The van der Waals surface area contributed by atoms with E-state index in [1.54, 1.807) is 14.2 Å². The number of carbonyl (C=O) groups excluding carboxylic acids is 1. The van der Waals surface area contributed by atoms with E-state index in [0.717, 1.165) is 48.3 Å². The van der Waals surface area contributed by atoms with E-state index < -0.39 is 5.60 Å². The maximum Gasteiger partial charge on any atom is 0.223 e. The Labute approximate surface area is 185 Å². The Morgan fingerprint density at radius 1 is 1.10 bits per heavy atom. The van der Waals surface area contributed by atoms with Gasteiger partial charge < -0.3 is 19.5 Å². The Morgan fingerprint density at radius 2 is 1.90 bits per heavy atom. The number of hydrogen-bond acceptors (Lipinski definition) is 4. The van der Waals surface area contributed by atoms with Crippen LogP contribution in [0.1, 0.15) is 55.7 Å². The molecule has 1 amide bonds. The summed E-state index contributed by atoms with van der Waals surface area (Å²) in [5.74, 6) is 1.60. The molecule has 0 bridgehead atoms. The van der Waals surface area contributed by atoms with Crippen LogP contribution in [0.2, 0.25) is 0 Å². The van der Waals surface area contributed by atoms with E-state index in [-0.39, 0.29) is 17.9 Å². The molecule has 31 heavy (non-hydrogen) atoms. The smallest absolute Gasteiger partial charge is 0.223 e. The molecule has 166 valence electrons. The third-order valence-electron chi connectivity index (χ3n) is 7.11. The first-order chi connectivity index (χ1) is 15.1. The molecule has 1 heterocycles. The zero-order chi connectivity index (χ0) is 21.8. The Bertz CT molecular complexity index is 900. The topological polar surface area (TPSA) is 59.0 Å². The van der Waals surface area contributed by atoms with E-state index in [4.69, 9.17) is 9.47 Å². The SMILES string of the molecule is COc1ccc(OC)c([C@H]2[C@@H]3CCCC[C@@]3(O)CCN2C(=O)CCc2ccccc2)c1. The van der Waals surface area contributed by atoms with E-state index in [9.17, 15) is 9.90 Å². The first kappa shape index (κ1) is 21.7. The Hall–Kier alpha value is -2.53. The number of piperidine rings is 1. The molecule has 3 atom stereocenters. The highest BCUT2D eigenvalue weighted by Crippen LogP contribution is 2.51. The molecule has 2 fully saturated rings. The minimum atomic E-state index is -0.729. The molecule has 0 aromatic heterocycles. The number of benzene rings is 2. The minimum Gasteiger partial charge on any atom is -0.497 e. The summed E-state index contributed by atoms with van der Waals surface area (Å²) in [6.07, 6.45) is 5.62. The molecule has 2 aromatic rings. The monoisotopic (exact) mass is 423 g/mol. The fourth-order valence-electron chi connectivity index (χ4n) is 5.46. The van der Waals surface area contributed by atoms with Crippen molar-refractivity contribution in [3.63, 3.8) is 0 Å². The van der Waals surface area contributed by atoms with Gasteiger partial charge >= 0.3 is 0 Å². The maximum absolute atomic E-state index is 13.5. The van der Waals surface area contributed by atoms with Gasteiger partial charge in [0.05, 0.1) is 25.9 Å². The van der Waals surface area contributed by atoms with Crippen molar-refractivity contribution in [2.24, 2.45) is 5.92 Å². The maximum atomic E-state index is 13.5. The van der Waals surface area contributed by atoms with Crippen LogP contribution in [0.4, 0.5) is 0 Å². The second-order valence-electron chi connectivity index (χ2n) is 8.83. The zero-order valence-electron chi connectivity index (χ0n) is 18.5. The van der Waals surface area contributed by atoms with Crippen LogP contribution in [0.15, 0.2) is 48.5 Å². The number of aliphatic hydroxyl groups is 1. The molecule has 1 aliphatic carbocycles. The lowest BCUT2D eigenvalue weighted by atomic mass is 9.66. The van der Waals surface area contributed by atoms with Gasteiger partial charge in [0.25, 0.3) is 0 Å². The van der Waals surface area contributed by atoms with Crippen molar-refractivity contribution in [3.05, 3.63) is 59.7 Å². The lowest BCUT2D eigenvalue weighted by Gasteiger charge is -2.52. The second-order valence-corrected chi connectivity index (χ2v) is 8.83. The van der Waals surface area contributed by atoms with Crippen LogP contribution < -0.4 is 9.47 Å². The standard InChI is InChI=1S/C26H33NO4/c1-30-20-12-13-23(31-2)21(18-20)25-22-10-6-7-15-26(22,29)16-17-27(25)24(28)14-11-19-8-4-3-5-9-19/h3-5,8-9,12-13,18,22,25,29H,6-7,10-11,14-17H2,1-2H3/t22-,25-,26+/m0/s1. The average Bonchev–Trinajstić information content (AvgIpc) is 2.81. The van der Waals surface area contributed by atoms with E-state index >= 15 is 0 Å². The van der Waals surface area contributed by atoms with Gasteiger partial charge in [-0.1, -0.05) is 43.2 Å². The number of amides is 1. The Kier molecular flexibility index (Phi) is 6.51. The Morgan fingerprint density at radius 3 is 2.65 bits per heavy atom. The molecule has 2 aromatic carbocycles. The van der Waals surface area contributed by atoms with E-state index in [2.05, 4.69) is 12.1 Å². The van der Waals surface area contributed by atoms with Crippen LogP contribution in [0.5, 0.6) is 11.5 Å². The van der Waals surface area contributed by atoms with Crippen molar-refractivity contribution in [1.82, 2.24) is 4.90 Å². The third-order valence-corrected chi connectivity index (χ3v) is 7.11. The number of aryl methyl sites for hydroxylation is 1. The molecular formula is C26H33NO4. The van der Waals surface area contributed by atoms with E-state index in [1.807, 2.05) is 41.3 Å². The number of hydrogen-bond donors (Lipinski definition) is 1. The second kappa shape index (κ2) is 9.31. The summed E-state index contributed by atoms with van der Waals surface area (Å²) < 4.78 is 11.2. The van der Waals surface area contributed by atoms with E-state index in [1.165, 1.54) is 0 Å². The summed E-state index contributed by atoms with van der Waals surface area (Å²) in [6.45, 7) is 0.561. The number of rotatable bonds is 6. The average molecular weight is 424 g/mol. The van der Waals surface area contributed by atoms with Crippen molar-refractivity contribution in [2.45, 2.75) is 56.6 Å². The summed E-state index contributed by atoms with van der Waals surface area (Å²) in [5, 5.41) is 11.5. The van der Waals surface area contributed by atoms with Crippen LogP contribution in [0, 0.1) is 5.92 Å². The normalized spacial score (nSPS) is 25.6. The Balaban J connectivity index is 1.67. The number of methoxy groups -OCH3 is 2. The van der Waals surface area contributed by atoms with Gasteiger partial charge in [0, 0.05) is 24.4 Å². The molecule has 5 heteroatoms. The predicted octanol–water partition coefficient (Wildman–Crippen LogP) is 4.53. The van der Waals surface area contributed by atoms with Gasteiger partial charge in [-0.25, -0.2) is 0 Å². The number of ether oxygens (including phenoxy) is 2. The summed E-state index contributed by atoms with van der Waals surface area (Å²) in [6, 6.07) is 15.7. The summed E-state index contributed by atoms with van der Waals surface area (Å²) in [5.41, 5.74) is 1.37.